The summed E-state index contributed by atoms with van der Waals surface area (Å²) in [5.41, 5.74) is 1.46. The molecule has 1 aromatic carbocycles. The van der Waals surface area contributed by atoms with Crippen molar-refractivity contribution in [3.8, 4) is 6.07 Å². The van der Waals surface area contributed by atoms with Crippen LogP contribution in [0.4, 0.5) is 11.5 Å². The number of anilines is 2. The molecule has 0 fully saturated rings. The molecule has 84 valence electrons. The first-order chi connectivity index (χ1) is 8.20. The normalized spacial score (nSPS) is 9.71. The molecular formula is C12H9ClN4. The van der Waals surface area contributed by atoms with E-state index in [9.17, 15) is 0 Å². The largest absolute Gasteiger partial charge is 0.328 e. The quantitative estimate of drug-likeness (QED) is 0.815. The number of nitrogens with zero attached hydrogens (tertiary/aromatic N) is 4. The maximum atomic E-state index is 8.84. The molecule has 0 saturated heterocycles. The summed E-state index contributed by atoms with van der Waals surface area (Å²) in [6.07, 6.45) is 3.09. The molecule has 0 unspecified atom stereocenters. The number of aromatic nitrogens is 2. The second kappa shape index (κ2) is 4.81. The minimum atomic E-state index is 0.339. The van der Waals surface area contributed by atoms with Gasteiger partial charge in [-0.1, -0.05) is 17.7 Å². The van der Waals surface area contributed by atoms with Crippen LogP contribution < -0.4 is 4.90 Å². The lowest BCUT2D eigenvalue weighted by Gasteiger charge is -2.17. The first-order valence-corrected chi connectivity index (χ1v) is 5.30. The molecule has 0 aliphatic rings. The Morgan fingerprint density at radius 1 is 1.35 bits per heavy atom. The molecule has 2 rings (SSSR count). The van der Waals surface area contributed by atoms with E-state index >= 15 is 0 Å². The smallest absolute Gasteiger partial charge is 0.153 e. The highest BCUT2D eigenvalue weighted by Crippen LogP contribution is 2.22. The minimum absolute atomic E-state index is 0.339. The van der Waals surface area contributed by atoms with Crippen LogP contribution in [0.2, 0.25) is 5.15 Å². The van der Waals surface area contributed by atoms with Crippen molar-refractivity contribution in [1.82, 2.24) is 9.97 Å². The van der Waals surface area contributed by atoms with Crippen molar-refractivity contribution in [2.45, 2.75) is 0 Å². The Labute approximate surface area is 104 Å². The van der Waals surface area contributed by atoms with Crippen molar-refractivity contribution in [3.05, 3.63) is 47.4 Å². The van der Waals surface area contributed by atoms with Crippen LogP contribution in [-0.4, -0.2) is 17.0 Å². The van der Waals surface area contributed by atoms with Crippen LogP contribution in [0, 0.1) is 11.3 Å². The van der Waals surface area contributed by atoms with Crippen LogP contribution in [-0.2, 0) is 0 Å². The van der Waals surface area contributed by atoms with E-state index in [2.05, 4.69) is 16.0 Å². The van der Waals surface area contributed by atoms with Gasteiger partial charge in [-0.3, -0.25) is 4.98 Å². The average Bonchev–Trinajstić information content (AvgIpc) is 2.38. The Bertz CT molecular complexity index is 577. The molecule has 0 N–H and O–H groups in total. The highest BCUT2D eigenvalue weighted by atomic mass is 35.5. The molecule has 1 aromatic heterocycles. The summed E-state index contributed by atoms with van der Waals surface area (Å²) in [6.45, 7) is 0. The summed E-state index contributed by atoms with van der Waals surface area (Å²) in [5.74, 6) is 0.632. The van der Waals surface area contributed by atoms with E-state index in [1.165, 1.54) is 6.20 Å². The number of hydrogen-bond acceptors (Lipinski definition) is 4. The molecule has 0 aliphatic heterocycles. The molecule has 1 heterocycles. The van der Waals surface area contributed by atoms with Crippen molar-refractivity contribution in [2.24, 2.45) is 0 Å². The Balaban J connectivity index is 2.37. The predicted octanol–water partition coefficient (Wildman–Crippen LogP) is 2.77. The fourth-order valence-corrected chi connectivity index (χ4v) is 1.55. The van der Waals surface area contributed by atoms with Gasteiger partial charge in [-0.25, -0.2) is 4.98 Å². The van der Waals surface area contributed by atoms with Crippen LogP contribution in [0.15, 0.2) is 36.7 Å². The molecule has 4 nitrogen and oxygen atoms in total. The zero-order valence-corrected chi connectivity index (χ0v) is 9.89. The fourth-order valence-electron chi connectivity index (χ4n) is 1.41. The van der Waals surface area contributed by atoms with Gasteiger partial charge < -0.3 is 4.90 Å². The van der Waals surface area contributed by atoms with Crippen LogP contribution in [0.25, 0.3) is 0 Å². The van der Waals surface area contributed by atoms with Gasteiger partial charge in [0, 0.05) is 12.7 Å². The molecule has 5 heteroatoms. The van der Waals surface area contributed by atoms with E-state index in [0.29, 0.717) is 16.5 Å². The van der Waals surface area contributed by atoms with Gasteiger partial charge in [0.05, 0.1) is 24.0 Å². The SMILES string of the molecule is CN(c1cccc(C#N)c1)c1cncc(Cl)n1. The second-order valence-corrected chi connectivity index (χ2v) is 3.81. The minimum Gasteiger partial charge on any atom is -0.328 e. The summed E-state index contributed by atoms with van der Waals surface area (Å²) in [5, 5.41) is 9.18. The van der Waals surface area contributed by atoms with Crippen molar-refractivity contribution in [2.75, 3.05) is 11.9 Å². The van der Waals surface area contributed by atoms with Gasteiger partial charge in [-0.15, -0.1) is 0 Å². The highest BCUT2D eigenvalue weighted by Gasteiger charge is 2.06. The lowest BCUT2D eigenvalue weighted by atomic mass is 10.2. The Morgan fingerprint density at radius 2 is 2.18 bits per heavy atom. The molecule has 0 aliphatic carbocycles. The molecule has 0 bridgehead atoms. The van der Waals surface area contributed by atoms with E-state index in [1.54, 1.807) is 18.3 Å². The summed E-state index contributed by atoms with van der Waals surface area (Å²) < 4.78 is 0. The van der Waals surface area contributed by atoms with Crippen molar-refractivity contribution in [1.29, 1.82) is 5.26 Å². The van der Waals surface area contributed by atoms with E-state index in [1.807, 2.05) is 24.1 Å². The lowest BCUT2D eigenvalue weighted by molar-refractivity contribution is 1.09. The third kappa shape index (κ3) is 2.52. The number of hydrogen-bond donors (Lipinski definition) is 0. The number of rotatable bonds is 2. The molecule has 0 saturated carbocycles. The number of nitriles is 1. The van der Waals surface area contributed by atoms with Gasteiger partial charge in [0.25, 0.3) is 0 Å². The first kappa shape index (κ1) is 11.4. The van der Waals surface area contributed by atoms with Crippen LogP contribution in [0.5, 0.6) is 0 Å². The Hall–Kier alpha value is -2.12. The number of halogens is 1. The predicted molar refractivity (Wildman–Crippen MR) is 66.3 cm³/mol. The van der Waals surface area contributed by atoms with Gasteiger partial charge in [0.2, 0.25) is 0 Å². The number of benzene rings is 1. The van der Waals surface area contributed by atoms with Crippen molar-refractivity contribution < 1.29 is 0 Å². The second-order valence-electron chi connectivity index (χ2n) is 3.42. The maximum Gasteiger partial charge on any atom is 0.153 e. The van der Waals surface area contributed by atoms with Gasteiger partial charge in [0.15, 0.2) is 5.82 Å². The monoisotopic (exact) mass is 244 g/mol. The first-order valence-electron chi connectivity index (χ1n) is 4.92. The molecular weight excluding hydrogens is 236 g/mol. The topological polar surface area (TPSA) is 52.8 Å². The summed E-state index contributed by atoms with van der Waals surface area (Å²) in [4.78, 5) is 9.94. The maximum absolute atomic E-state index is 8.84. The summed E-state index contributed by atoms with van der Waals surface area (Å²) in [6, 6.07) is 9.34. The van der Waals surface area contributed by atoms with Gasteiger partial charge in [0.1, 0.15) is 5.15 Å². The van der Waals surface area contributed by atoms with E-state index in [-0.39, 0.29) is 0 Å². The molecule has 0 amide bonds. The molecule has 0 atom stereocenters. The lowest BCUT2D eigenvalue weighted by Crippen LogP contribution is -2.11. The van der Waals surface area contributed by atoms with Gasteiger partial charge in [-0.2, -0.15) is 5.26 Å². The van der Waals surface area contributed by atoms with Crippen molar-refractivity contribution >= 4 is 23.1 Å². The van der Waals surface area contributed by atoms with Crippen molar-refractivity contribution in [3.63, 3.8) is 0 Å². The van der Waals surface area contributed by atoms with E-state index < -0.39 is 0 Å². The summed E-state index contributed by atoms with van der Waals surface area (Å²) >= 11 is 5.78. The fraction of sp³-hybridized carbons (Fsp3) is 0.0833. The van der Waals surface area contributed by atoms with Gasteiger partial charge in [-0.05, 0) is 18.2 Å². The Morgan fingerprint density at radius 3 is 2.88 bits per heavy atom. The highest BCUT2D eigenvalue weighted by molar-refractivity contribution is 6.29. The summed E-state index contributed by atoms with van der Waals surface area (Å²) in [7, 11) is 1.84. The molecule has 17 heavy (non-hydrogen) atoms. The van der Waals surface area contributed by atoms with E-state index in [0.717, 1.165) is 5.69 Å². The van der Waals surface area contributed by atoms with Crippen LogP contribution in [0.3, 0.4) is 0 Å². The van der Waals surface area contributed by atoms with Gasteiger partial charge >= 0.3 is 0 Å². The molecule has 2 aromatic rings. The molecule has 0 spiro atoms. The zero-order valence-electron chi connectivity index (χ0n) is 9.13. The third-order valence-electron chi connectivity index (χ3n) is 2.30. The zero-order chi connectivity index (χ0) is 12.3. The third-order valence-corrected chi connectivity index (χ3v) is 2.48. The van der Waals surface area contributed by atoms with E-state index in [4.69, 9.17) is 16.9 Å². The average molecular weight is 245 g/mol. The van der Waals surface area contributed by atoms with Crippen LogP contribution in [0.1, 0.15) is 5.56 Å². The standard InChI is InChI=1S/C12H9ClN4/c1-17(12-8-15-7-11(13)16-12)10-4-2-3-9(5-10)6-14/h2-5,7-8H,1H3. The van der Waals surface area contributed by atoms with Crippen LogP contribution >= 0.6 is 11.6 Å². The Kier molecular flexibility index (Phi) is 3.22. The molecule has 0 radical (unpaired) electrons.